The highest BCUT2D eigenvalue weighted by Gasteiger charge is 2.10. The van der Waals surface area contributed by atoms with E-state index in [2.05, 4.69) is 39.6 Å². The molecule has 5 heteroatoms. The SMILES string of the molecule is CCCNCCc1nnc(-c2nccc3ccccc23)s1. The zero-order valence-corrected chi connectivity index (χ0v) is 12.9. The topological polar surface area (TPSA) is 50.7 Å². The summed E-state index contributed by atoms with van der Waals surface area (Å²) in [6.45, 7) is 4.17. The van der Waals surface area contributed by atoms with Gasteiger partial charge in [-0.15, -0.1) is 10.2 Å². The van der Waals surface area contributed by atoms with Crippen LogP contribution in [-0.4, -0.2) is 28.3 Å². The summed E-state index contributed by atoms with van der Waals surface area (Å²) in [7, 11) is 0. The number of pyridine rings is 1. The van der Waals surface area contributed by atoms with Crippen molar-refractivity contribution in [2.24, 2.45) is 0 Å². The lowest BCUT2D eigenvalue weighted by Gasteiger charge is -2.01. The Kier molecular flexibility index (Phi) is 4.52. The Bertz CT molecular complexity index is 718. The molecule has 0 bridgehead atoms. The predicted octanol–water partition coefficient (Wildman–Crippen LogP) is 3.30. The second-order valence-electron chi connectivity index (χ2n) is 4.88. The van der Waals surface area contributed by atoms with E-state index in [0.717, 1.165) is 47.0 Å². The lowest BCUT2D eigenvalue weighted by Crippen LogP contribution is -2.17. The van der Waals surface area contributed by atoms with Crippen LogP contribution in [0.3, 0.4) is 0 Å². The van der Waals surface area contributed by atoms with E-state index >= 15 is 0 Å². The smallest absolute Gasteiger partial charge is 0.166 e. The van der Waals surface area contributed by atoms with E-state index in [1.165, 1.54) is 5.39 Å². The van der Waals surface area contributed by atoms with E-state index in [1.807, 2.05) is 24.4 Å². The van der Waals surface area contributed by atoms with E-state index in [-0.39, 0.29) is 0 Å². The summed E-state index contributed by atoms with van der Waals surface area (Å²) >= 11 is 1.63. The third-order valence-electron chi connectivity index (χ3n) is 3.29. The average molecular weight is 298 g/mol. The molecule has 0 amide bonds. The second-order valence-corrected chi connectivity index (χ2v) is 5.94. The molecule has 3 rings (SSSR count). The second kappa shape index (κ2) is 6.74. The number of rotatable bonds is 6. The predicted molar refractivity (Wildman–Crippen MR) is 87.5 cm³/mol. The van der Waals surface area contributed by atoms with Gasteiger partial charge in [0, 0.05) is 24.5 Å². The molecule has 0 aliphatic rings. The van der Waals surface area contributed by atoms with Crippen LogP contribution in [0.4, 0.5) is 0 Å². The molecule has 0 fully saturated rings. The van der Waals surface area contributed by atoms with E-state index in [1.54, 1.807) is 11.3 Å². The first-order valence-electron chi connectivity index (χ1n) is 7.25. The van der Waals surface area contributed by atoms with Gasteiger partial charge in [0.15, 0.2) is 5.01 Å². The average Bonchev–Trinajstić information content (AvgIpc) is 3.00. The number of nitrogens with zero attached hydrogens (tertiary/aromatic N) is 3. The minimum absolute atomic E-state index is 0.900. The van der Waals surface area contributed by atoms with Gasteiger partial charge in [-0.05, 0) is 24.4 Å². The fourth-order valence-electron chi connectivity index (χ4n) is 2.24. The zero-order valence-electron chi connectivity index (χ0n) is 12.0. The highest BCUT2D eigenvalue weighted by Crippen LogP contribution is 2.28. The van der Waals surface area contributed by atoms with Crippen LogP contribution < -0.4 is 5.32 Å². The molecule has 0 saturated heterocycles. The molecule has 0 unspecified atom stereocenters. The Morgan fingerprint density at radius 3 is 2.90 bits per heavy atom. The van der Waals surface area contributed by atoms with Crippen molar-refractivity contribution < 1.29 is 0 Å². The number of benzene rings is 1. The zero-order chi connectivity index (χ0) is 14.5. The van der Waals surface area contributed by atoms with Crippen LogP contribution in [0.15, 0.2) is 36.5 Å². The van der Waals surface area contributed by atoms with Gasteiger partial charge in [0.05, 0.1) is 0 Å². The molecule has 3 aromatic rings. The van der Waals surface area contributed by atoms with Gasteiger partial charge < -0.3 is 5.32 Å². The minimum atomic E-state index is 0.900. The van der Waals surface area contributed by atoms with Crippen molar-refractivity contribution in [3.05, 3.63) is 41.5 Å². The number of aromatic nitrogens is 3. The molecule has 0 aliphatic carbocycles. The quantitative estimate of drug-likeness (QED) is 0.709. The summed E-state index contributed by atoms with van der Waals surface area (Å²) in [5.74, 6) is 0. The molecule has 21 heavy (non-hydrogen) atoms. The van der Waals surface area contributed by atoms with E-state index < -0.39 is 0 Å². The molecule has 0 spiro atoms. The number of hydrogen-bond donors (Lipinski definition) is 1. The van der Waals surface area contributed by atoms with Crippen molar-refractivity contribution in [3.63, 3.8) is 0 Å². The number of nitrogens with one attached hydrogen (secondary N) is 1. The molecule has 4 nitrogen and oxygen atoms in total. The molecule has 0 saturated carbocycles. The molecule has 2 aromatic heterocycles. The van der Waals surface area contributed by atoms with Crippen LogP contribution in [-0.2, 0) is 6.42 Å². The van der Waals surface area contributed by atoms with Crippen molar-refractivity contribution in [2.45, 2.75) is 19.8 Å². The summed E-state index contributed by atoms with van der Waals surface area (Å²) in [5, 5.41) is 16.3. The van der Waals surface area contributed by atoms with Gasteiger partial charge in [0.2, 0.25) is 0 Å². The van der Waals surface area contributed by atoms with Crippen LogP contribution in [0.1, 0.15) is 18.4 Å². The first kappa shape index (κ1) is 14.1. The van der Waals surface area contributed by atoms with Gasteiger partial charge in [0.1, 0.15) is 10.7 Å². The van der Waals surface area contributed by atoms with Crippen molar-refractivity contribution in [1.82, 2.24) is 20.5 Å². The van der Waals surface area contributed by atoms with Crippen LogP contribution in [0.25, 0.3) is 21.5 Å². The standard InChI is InChI=1S/C16H18N4S/c1-2-9-17-10-8-14-19-20-16(21-14)15-13-6-4-3-5-12(13)7-11-18-15/h3-7,11,17H,2,8-10H2,1H3. The van der Waals surface area contributed by atoms with E-state index in [4.69, 9.17) is 0 Å². The summed E-state index contributed by atoms with van der Waals surface area (Å²) < 4.78 is 0. The monoisotopic (exact) mass is 298 g/mol. The maximum atomic E-state index is 4.49. The fraction of sp³-hybridized carbons (Fsp3) is 0.312. The van der Waals surface area contributed by atoms with Gasteiger partial charge in [-0.2, -0.15) is 0 Å². The van der Waals surface area contributed by atoms with Crippen molar-refractivity contribution in [1.29, 1.82) is 0 Å². The molecule has 1 N–H and O–H groups in total. The normalized spacial score (nSPS) is 11.1. The van der Waals surface area contributed by atoms with Crippen molar-refractivity contribution >= 4 is 22.1 Å². The lowest BCUT2D eigenvalue weighted by atomic mass is 10.1. The van der Waals surface area contributed by atoms with E-state index in [9.17, 15) is 0 Å². The Morgan fingerprint density at radius 1 is 1.10 bits per heavy atom. The highest BCUT2D eigenvalue weighted by atomic mass is 32.1. The molecule has 1 aromatic carbocycles. The van der Waals surface area contributed by atoms with Gasteiger partial charge in [-0.3, -0.25) is 4.98 Å². The summed E-state index contributed by atoms with van der Waals surface area (Å²) in [6, 6.07) is 10.3. The number of fused-ring (bicyclic) bond motifs is 1. The van der Waals surface area contributed by atoms with Crippen LogP contribution in [0.2, 0.25) is 0 Å². The van der Waals surface area contributed by atoms with Gasteiger partial charge >= 0.3 is 0 Å². The highest BCUT2D eigenvalue weighted by molar-refractivity contribution is 7.14. The summed E-state index contributed by atoms with van der Waals surface area (Å²) in [6.07, 6.45) is 3.91. The molecular weight excluding hydrogens is 280 g/mol. The largest absolute Gasteiger partial charge is 0.316 e. The summed E-state index contributed by atoms with van der Waals surface area (Å²) in [4.78, 5) is 4.49. The third-order valence-corrected chi connectivity index (χ3v) is 4.28. The molecular formula is C16H18N4S. The first-order valence-corrected chi connectivity index (χ1v) is 8.07. The van der Waals surface area contributed by atoms with Gasteiger partial charge in [-0.25, -0.2) is 0 Å². The maximum absolute atomic E-state index is 4.49. The van der Waals surface area contributed by atoms with Crippen LogP contribution in [0.5, 0.6) is 0 Å². The maximum Gasteiger partial charge on any atom is 0.166 e. The summed E-state index contributed by atoms with van der Waals surface area (Å²) in [5.41, 5.74) is 0.929. The number of hydrogen-bond acceptors (Lipinski definition) is 5. The lowest BCUT2D eigenvalue weighted by molar-refractivity contribution is 0.668. The van der Waals surface area contributed by atoms with Crippen LogP contribution >= 0.6 is 11.3 Å². The molecule has 2 heterocycles. The third kappa shape index (κ3) is 3.25. The molecule has 108 valence electrons. The van der Waals surface area contributed by atoms with Crippen molar-refractivity contribution in [3.8, 4) is 10.7 Å². The Balaban J connectivity index is 1.81. The van der Waals surface area contributed by atoms with Gasteiger partial charge in [0.25, 0.3) is 0 Å². The first-order chi connectivity index (χ1) is 10.4. The van der Waals surface area contributed by atoms with E-state index in [0.29, 0.717) is 0 Å². The molecule has 0 atom stereocenters. The fourth-order valence-corrected chi connectivity index (χ4v) is 3.09. The van der Waals surface area contributed by atoms with Crippen LogP contribution in [0, 0.1) is 0 Å². The minimum Gasteiger partial charge on any atom is -0.316 e. The molecule has 0 radical (unpaired) electrons. The Morgan fingerprint density at radius 2 is 2.00 bits per heavy atom. The molecule has 0 aliphatic heterocycles. The van der Waals surface area contributed by atoms with Gasteiger partial charge in [-0.1, -0.05) is 42.5 Å². The van der Waals surface area contributed by atoms with Crippen molar-refractivity contribution in [2.75, 3.05) is 13.1 Å². The Hall–Kier alpha value is -1.85. The Labute approximate surface area is 128 Å².